The standard InChI is InChI=1S/2C5H5NO2.2Na/c2*7-5(8)4-2-1-3-6-4;;/h2*1-3,6H,(H,7,8);;/q;;2*+1/p-2. The molecule has 0 aliphatic rings. The molecule has 0 unspecified atom stereocenters. The molecule has 2 heterocycles. The summed E-state index contributed by atoms with van der Waals surface area (Å²) in [6.45, 7) is 0. The molecule has 0 amide bonds. The Kier molecular flexibility index (Phi) is 11.5. The van der Waals surface area contributed by atoms with E-state index >= 15 is 0 Å². The third-order valence-corrected chi connectivity index (χ3v) is 1.64. The van der Waals surface area contributed by atoms with Crippen LogP contribution in [-0.4, -0.2) is 21.9 Å². The number of rotatable bonds is 2. The number of carboxylic acids is 2. The van der Waals surface area contributed by atoms with Crippen LogP contribution in [0.15, 0.2) is 36.7 Å². The Morgan fingerprint density at radius 3 is 1.28 bits per heavy atom. The molecule has 0 aliphatic carbocycles. The number of hydrogen-bond acceptors (Lipinski definition) is 4. The fourth-order valence-electron chi connectivity index (χ4n) is 0.915. The zero-order valence-corrected chi connectivity index (χ0v) is 14.1. The quantitative estimate of drug-likeness (QED) is 0.526. The van der Waals surface area contributed by atoms with Crippen LogP contribution in [-0.2, 0) is 0 Å². The molecular weight excluding hydrogens is 258 g/mol. The number of carboxylic acid groups (broad SMARTS) is 2. The molecule has 0 atom stereocenters. The average molecular weight is 266 g/mol. The Bertz CT molecular complexity index is 410. The van der Waals surface area contributed by atoms with E-state index in [9.17, 15) is 19.8 Å². The number of carbonyl (C=O) groups is 2. The molecule has 2 N–H and O–H groups in total. The van der Waals surface area contributed by atoms with E-state index in [0.29, 0.717) is 0 Å². The van der Waals surface area contributed by atoms with E-state index in [2.05, 4.69) is 9.97 Å². The normalized spacial score (nSPS) is 8.00. The van der Waals surface area contributed by atoms with Crippen LogP contribution < -0.4 is 69.3 Å². The predicted octanol–water partition coefficient (Wildman–Crippen LogP) is -7.24. The largest absolute Gasteiger partial charge is 1.00 e. The molecule has 8 heteroatoms. The number of aromatic carboxylic acids is 2. The fourth-order valence-corrected chi connectivity index (χ4v) is 0.915. The Morgan fingerprint density at radius 1 is 0.833 bits per heavy atom. The van der Waals surface area contributed by atoms with Crippen LogP contribution >= 0.6 is 0 Å². The van der Waals surface area contributed by atoms with Crippen molar-refractivity contribution in [3.05, 3.63) is 48.0 Å². The molecule has 84 valence electrons. The first-order chi connectivity index (χ1) is 7.61. The van der Waals surface area contributed by atoms with Crippen molar-refractivity contribution >= 4 is 11.9 Å². The molecule has 6 nitrogen and oxygen atoms in total. The molecule has 0 fully saturated rings. The van der Waals surface area contributed by atoms with E-state index in [0.717, 1.165) is 0 Å². The third-order valence-electron chi connectivity index (χ3n) is 1.64. The van der Waals surface area contributed by atoms with Crippen molar-refractivity contribution in [2.75, 3.05) is 0 Å². The van der Waals surface area contributed by atoms with Gasteiger partial charge in [-0.1, -0.05) is 0 Å². The second-order valence-corrected chi connectivity index (χ2v) is 2.74. The van der Waals surface area contributed by atoms with Crippen LogP contribution in [0.3, 0.4) is 0 Å². The number of aromatic amines is 2. The Morgan fingerprint density at radius 2 is 1.17 bits per heavy atom. The minimum absolute atomic E-state index is 0. The number of hydrogen-bond donors (Lipinski definition) is 2. The van der Waals surface area contributed by atoms with E-state index in [1.807, 2.05) is 0 Å². The summed E-state index contributed by atoms with van der Waals surface area (Å²) in [4.78, 5) is 24.8. The van der Waals surface area contributed by atoms with Gasteiger partial charge in [-0.3, -0.25) is 0 Å². The molecule has 0 saturated heterocycles. The van der Waals surface area contributed by atoms with Gasteiger partial charge in [0.1, 0.15) is 0 Å². The van der Waals surface area contributed by atoms with Crippen LogP contribution in [0.5, 0.6) is 0 Å². The molecule has 0 aromatic carbocycles. The first-order valence-electron chi connectivity index (χ1n) is 4.30. The minimum atomic E-state index is -1.17. The van der Waals surface area contributed by atoms with Crippen molar-refractivity contribution in [3.8, 4) is 0 Å². The molecule has 0 spiro atoms. The van der Waals surface area contributed by atoms with Crippen LogP contribution in [0.4, 0.5) is 0 Å². The van der Waals surface area contributed by atoms with Gasteiger partial charge < -0.3 is 29.8 Å². The third kappa shape index (κ3) is 7.05. The van der Waals surface area contributed by atoms with E-state index in [-0.39, 0.29) is 70.5 Å². The van der Waals surface area contributed by atoms with Crippen molar-refractivity contribution in [2.24, 2.45) is 0 Å². The smallest absolute Gasteiger partial charge is 0.543 e. The molecule has 0 saturated carbocycles. The van der Waals surface area contributed by atoms with Crippen LogP contribution in [0.25, 0.3) is 0 Å². The van der Waals surface area contributed by atoms with Crippen molar-refractivity contribution in [2.45, 2.75) is 0 Å². The van der Waals surface area contributed by atoms with Gasteiger partial charge in [0.2, 0.25) is 0 Å². The molecule has 2 rings (SSSR count). The average Bonchev–Trinajstić information content (AvgIpc) is 2.93. The number of carbonyl (C=O) groups excluding carboxylic acids is 2. The van der Waals surface area contributed by atoms with E-state index < -0.39 is 11.9 Å². The van der Waals surface area contributed by atoms with Crippen LogP contribution in [0, 0.1) is 0 Å². The second kappa shape index (κ2) is 10.4. The summed E-state index contributed by atoms with van der Waals surface area (Å²) in [5.41, 5.74) is 0.231. The Hall–Kier alpha value is -0.500. The van der Waals surface area contributed by atoms with Gasteiger partial charge >= 0.3 is 59.1 Å². The van der Waals surface area contributed by atoms with Crippen LogP contribution in [0.2, 0.25) is 0 Å². The monoisotopic (exact) mass is 266 g/mol. The fraction of sp³-hybridized carbons (Fsp3) is 0. The molecule has 2 aromatic rings. The van der Waals surface area contributed by atoms with Gasteiger partial charge in [0, 0.05) is 12.4 Å². The second-order valence-electron chi connectivity index (χ2n) is 2.74. The van der Waals surface area contributed by atoms with Gasteiger partial charge in [0.15, 0.2) is 0 Å². The van der Waals surface area contributed by atoms with Gasteiger partial charge in [-0.05, 0) is 24.3 Å². The first kappa shape index (κ1) is 19.8. The van der Waals surface area contributed by atoms with Gasteiger partial charge in [-0.15, -0.1) is 0 Å². The molecule has 0 bridgehead atoms. The van der Waals surface area contributed by atoms with Gasteiger partial charge in [0.25, 0.3) is 0 Å². The maximum atomic E-state index is 9.92. The summed E-state index contributed by atoms with van der Waals surface area (Å²) in [6.07, 6.45) is 3.07. The Labute approximate surface area is 147 Å². The molecule has 0 aliphatic heterocycles. The van der Waals surface area contributed by atoms with Crippen molar-refractivity contribution < 1.29 is 78.9 Å². The number of H-pyrrole nitrogens is 2. The van der Waals surface area contributed by atoms with Crippen LogP contribution in [0.1, 0.15) is 21.0 Å². The summed E-state index contributed by atoms with van der Waals surface area (Å²) in [5, 5.41) is 19.8. The summed E-state index contributed by atoms with van der Waals surface area (Å²) in [7, 11) is 0. The molecule has 2 aromatic heterocycles. The topological polar surface area (TPSA) is 112 Å². The van der Waals surface area contributed by atoms with Crippen molar-refractivity contribution in [3.63, 3.8) is 0 Å². The van der Waals surface area contributed by atoms with Gasteiger partial charge in [0.05, 0.1) is 23.3 Å². The predicted molar refractivity (Wildman–Crippen MR) is 50.2 cm³/mol. The van der Waals surface area contributed by atoms with Gasteiger partial charge in [-0.25, -0.2) is 0 Å². The number of aromatic nitrogens is 2. The summed E-state index contributed by atoms with van der Waals surface area (Å²) < 4.78 is 0. The van der Waals surface area contributed by atoms with Crippen molar-refractivity contribution in [1.29, 1.82) is 0 Å². The molecular formula is C10H8N2Na2O4. The maximum absolute atomic E-state index is 9.92. The summed E-state index contributed by atoms with van der Waals surface area (Å²) >= 11 is 0. The molecule has 18 heavy (non-hydrogen) atoms. The Balaban J connectivity index is 0. The van der Waals surface area contributed by atoms with Crippen molar-refractivity contribution in [1.82, 2.24) is 9.97 Å². The van der Waals surface area contributed by atoms with E-state index in [1.165, 1.54) is 24.5 Å². The SMILES string of the molecule is O=C([O-])c1ccc[nH]1.O=C([O-])c1ccc[nH]1.[Na+].[Na+]. The van der Waals surface area contributed by atoms with E-state index in [4.69, 9.17) is 0 Å². The van der Waals surface area contributed by atoms with Gasteiger partial charge in [-0.2, -0.15) is 0 Å². The summed E-state index contributed by atoms with van der Waals surface area (Å²) in [6, 6.07) is 6.08. The number of nitrogens with one attached hydrogen (secondary N) is 2. The first-order valence-corrected chi connectivity index (χ1v) is 4.30. The summed E-state index contributed by atoms with van der Waals surface area (Å²) in [5.74, 6) is -2.34. The minimum Gasteiger partial charge on any atom is -0.543 e. The zero-order valence-electron chi connectivity index (χ0n) is 10.1. The molecule has 0 radical (unpaired) electrons. The maximum Gasteiger partial charge on any atom is 1.00 e. The van der Waals surface area contributed by atoms with E-state index in [1.54, 1.807) is 12.1 Å². The zero-order chi connectivity index (χ0) is 12.0.